The van der Waals surface area contributed by atoms with Crippen molar-refractivity contribution < 1.29 is 4.79 Å². The fraction of sp³-hybridized carbons (Fsp3) is 0.562. The summed E-state index contributed by atoms with van der Waals surface area (Å²) in [5.74, 6) is 0.0498. The van der Waals surface area contributed by atoms with Crippen LogP contribution >= 0.6 is 0 Å². The van der Waals surface area contributed by atoms with E-state index in [1.807, 2.05) is 0 Å². The Morgan fingerprint density at radius 2 is 1.74 bits per heavy atom. The molecule has 0 fully saturated rings. The van der Waals surface area contributed by atoms with Crippen molar-refractivity contribution in [2.75, 3.05) is 13.6 Å². The van der Waals surface area contributed by atoms with Crippen molar-refractivity contribution in [3.8, 4) is 0 Å². The van der Waals surface area contributed by atoms with Gasteiger partial charge in [-0.1, -0.05) is 31.2 Å². The van der Waals surface area contributed by atoms with Gasteiger partial charge < -0.3 is 10.6 Å². The Balaban J connectivity index is 2.47. The van der Waals surface area contributed by atoms with Crippen LogP contribution < -0.4 is 10.6 Å². The lowest BCUT2D eigenvalue weighted by Crippen LogP contribution is -2.46. The molecule has 0 saturated heterocycles. The van der Waals surface area contributed by atoms with Gasteiger partial charge in [0.25, 0.3) is 0 Å². The van der Waals surface area contributed by atoms with Gasteiger partial charge in [-0.15, -0.1) is 0 Å². The summed E-state index contributed by atoms with van der Waals surface area (Å²) in [6.07, 6.45) is 3.00. The smallest absolute Gasteiger partial charge is 0.234 e. The molecule has 0 radical (unpaired) electrons. The van der Waals surface area contributed by atoms with Gasteiger partial charge >= 0.3 is 0 Å². The third kappa shape index (κ3) is 5.88. The Hall–Kier alpha value is -1.35. The van der Waals surface area contributed by atoms with Gasteiger partial charge in [0.15, 0.2) is 0 Å². The Morgan fingerprint density at radius 3 is 2.26 bits per heavy atom. The van der Waals surface area contributed by atoms with E-state index in [1.54, 1.807) is 7.05 Å². The SMILES string of the molecule is CCc1ccc(CCC(C)(C)NC(=O)CNC)cc1. The van der Waals surface area contributed by atoms with Gasteiger partial charge in [-0.05, 0) is 51.3 Å². The van der Waals surface area contributed by atoms with E-state index in [1.165, 1.54) is 11.1 Å². The standard InChI is InChI=1S/C16H26N2O/c1-5-13-6-8-14(9-7-13)10-11-16(2,3)18-15(19)12-17-4/h6-9,17H,5,10-12H2,1-4H3,(H,18,19). The molecule has 0 heterocycles. The summed E-state index contributed by atoms with van der Waals surface area (Å²) in [7, 11) is 1.78. The van der Waals surface area contributed by atoms with Gasteiger partial charge in [-0.3, -0.25) is 4.79 Å². The highest BCUT2D eigenvalue weighted by molar-refractivity contribution is 5.78. The second kappa shape index (κ2) is 7.29. The largest absolute Gasteiger partial charge is 0.350 e. The number of benzene rings is 1. The van der Waals surface area contributed by atoms with Crippen LogP contribution in [0, 0.1) is 0 Å². The number of hydrogen-bond acceptors (Lipinski definition) is 2. The van der Waals surface area contributed by atoms with Gasteiger partial charge in [-0.25, -0.2) is 0 Å². The third-order valence-corrected chi connectivity index (χ3v) is 3.29. The molecule has 0 unspecified atom stereocenters. The van der Waals surface area contributed by atoms with E-state index >= 15 is 0 Å². The number of carbonyl (C=O) groups excluding carboxylic acids is 1. The number of carbonyl (C=O) groups is 1. The minimum absolute atomic E-state index is 0.0498. The first-order valence-electron chi connectivity index (χ1n) is 7.00. The average molecular weight is 262 g/mol. The lowest BCUT2D eigenvalue weighted by molar-refractivity contribution is -0.121. The molecule has 3 nitrogen and oxygen atoms in total. The molecule has 0 aliphatic carbocycles. The number of aryl methyl sites for hydroxylation is 2. The Bertz CT molecular complexity index is 396. The first kappa shape index (κ1) is 15.7. The third-order valence-electron chi connectivity index (χ3n) is 3.29. The summed E-state index contributed by atoms with van der Waals surface area (Å²) in [5.41, 5.74) is 2.52. The van der Waals surface area contributed by atoms with Crippen LogP contribution in [-0.4, -0.2) is 25.0 Å². The second-order valence-corrected chi connectivity index (χ2v) is 5.63. The summed E-state index contributed by atoms with van der Waals surface area (Å²) in [6.45, 7) is 6.67. The zero-order valence-electron chi connectivity index (χ0n) is 12.5. The number of nitrogens with one attached hydrogen (secondary N) is 2. The summed E-state index contributed by atoms with van der Waals surface area (Å²) >= 11 is 0. The van der Waals surface area contributed by atoms with Crippen LogP contribution in [0.5, 0.6) is 0 Å². The molecule has 0 atom stereocenters. The molecule has 0 bridgehead atoms. The van der Waals surface area contributed by atoms with Crippen LogP contribution in [-0.2, 0) is 17.6 Å². The quantitative estimate of drug-likeness (QED) is 0.791. The maximum Gasteiger partial charge on any atom is 0.234 e. The fourth-order valence-corrected chi connectivity index (χ4v) is 2.04. The molecule has 0 spiro atoms. The zero-order valence-corrected chi connectivity index (χ0v) is 12.5. The maximum atomic E-state index is 11.6. The fourth-order valence-electron chi connectivity index (χ4n) is 2.04. The van der Waals surface area contributed by atoms with Crippen LogP contribution in [0.4, 0.5) is 0 Å². The van der Waals surface area contributed by atoms with E-state index in [9.17, 15) is 4.79 Å². The van der Waals surface area contributed by atoms with Crippen LogP contribution in [0.1, 0.15) is 38.3 Å². The van der Waals surface area contributed by atoms with Crippen molar-refractivity contribution in [3.05, 3.63) is 35.4 Å². The molecule has 2 N–H and O–H groups in total. The lowest BCUT2D eigenvalue weighted by Gasteiger charge is -2.26. The summed E-state index contributed by atoms with van der Waals surface area (Å²) in [6, 6.07) is 8.73. The van der Waals surface area contributed by atoms with Crippen LogP contribution in [0.3, 0.4) is 0 Å². The molecule has 19 heavy (non-hydrogen) atoms. The second-order valence-electron chi connectivity index (χ2n) is 5.63. The van der Waals surface area contributed by atoms with Crippen molar-refractivity contribution in [3.63, 3.8) is 0 Å². The molecule has 0 saturated carbocycles. The normalized spacial score (nSPS) is 11.4. The van der Waals surface area contributed by atoms with Crippen molar-refractivity contribution in [2.45, 2.75) is 45.6 Å². The molecular formula is C16H26N2O. The number of likely N-dealkylation sites (N-methyl/N-ethyl adjacent to an activating group) is 1. The first-order chi connectivity index (χ1) is 8.96. The molecule has 0 aliphatic rings. The van der Waals surface area contributed by atoms with Gasteiger partial charge in [0.1, 0.15) is 0 Å². The molecule has 1 aromatic carbocycles. The van der Waals surface area contributed by atoms with Crippen molar-refractivity contribution in [1.82, 2.24) is 10.6 Å². The molecule has 3 heteroatoms. The maximum absolute atomic E-state index is 11.6. The Morgan fingerprint density at radius 1 is 1.16 bits per heavy atom. The van der Waals surface area contributed by atoms with Crippen LogP contribution in [0.15, 0.2) is 24.3 Å². The molecule has 0 aromatic heterocycles. The predicted molar refractivity (Wildman–Crippen MR) is 80.3 cm³/mol. The summed E-state index contributed by atoms with van der Waals surface area (Å²) < 4.78 is 0. The predicted octanol–water partition coefficient (Wildman–Crippen LogP) is 2.30. The van der Waals surface area contributed by atoms with Gasteiger partial charge in [0, 0.05) is 5.54 Å². The molecule has 1 amide bonds. The molecular weight excluding hydrogens is 236 g/mol. The van der Waals surface area contributed by atoms with E-state index < -0.39 is 0 Å². The van der Waals surface area contributed by atoms with Crippen LogP contribution in [0.2, 0.25) is 0 Å². The average Bonchev–Trinajstić information content (AvgIpc) is 2.37. The highest BCUT2D eigenvalue weighted by atomic mass is 16.2. The van der Waals surface area contributed by atoms with E-state index in [4.69, 9.17) is 0 Å². The molecule has 1 rings (SSSR count). The number of amides is 1. The van der Waals surface area contributed by atoms with Gasteiger partial charge in [-0.2, -0.15) is 0 Å². The number of hydrogen-bond donors (Lipinski definition) is 2. The van der Waals surface area contributed by atoms with Crippen LogP contribution in [0.25, 0.3) is 0 Å². The molecule has 1 aromatic rings. The van der Waals surface area contributed by atoms with Gasteiger partial charge in [0.05, 0.1) is 6.54 Å². The summed E-state index contributed by atoms with van der Waals surface area (Å²) in [4.78, 5) is 11.6. The highest BCUT2D eigenvalue weighted by Gasteiger charge is 2.19. The van der Waals surface area contributed by atoms with Crippen molar-refractivity contribution >= 4 is 5.91 Å². The minimum atomic E-state index is -0.169. The van der Waals surface area contributed by atoms with E-state index in [2.05, 4.69) is 55.7 Å². The Labute approximate surface area is 116 Å². The summed E-state index contributed by atoms with van der Waals surface area (Å²) in [5, 5.41) is 5.91. The Kier molecular flexibility index (Phi) is 6.03. The molecule has 106 valence electrons. The topological polar surface area (TPSA) is 41.1 Å². The van der Waals surface area contributed by atoms with Crippen molar-refractivity contribution in [1.29, 1.82) is 0 Å². The highest BCUT2D eigenvalue weighted by Crippen LogP contribution is 2.14. The van der Waals surface area contributed by atoms with E-state index in [-0.39, 0.29) is 11.4 Å². The van der Waals surface area contributed by atoms with E-state index in [0.29, 0.717) is 6.54 Å². The number of rotatable bonds is 7. The first-order valence-corrected chi connectivity index (χ1v) is 7.00. The monoisotopic (exact) mass is 262 g/mol. The zero-order chi connectivity index (χ0) is 14.3. The van der Waals surface area contributed by atoms with Gasteiger partial charge in [0.2, 0.25) is 5.91 Å². The van der Waals surface area contributed by atoms with E-state index in [0.717, 1.165) is 19.3 Å². The molecule has 0 aliphatic heterocycles. The van der Waals surface area contributed by atoms with Crippen molar-refractivity contribution in [2.24, 2.45) is 0 Å². The lowest BCUT2D eigenvalue weighted by atomic mass is 9.94. The minimum Gasteiger partial charge on any atom is -0.350 e.